The second-order valence-electron chi connectivity index (χ2n) is 12.0. The van der Waals surface area contributed by atoms with Gasteiger partial charge in [0.2, 0.25) is 0 Å². The van der Waals surface area contributed by atoms with Gasteiger partial charge in [-0.05, 0) is 86.8 Å². The summed E-state index contributed by atoms with van der Waals surface area (Å²) in [5.74, 6) is 0. The maximum Gasteiger partial charge on any atom is 0.0633 e. The van der Waals surface area contributed by atoms with Gasteiger partial charge in [0.05, 0.1) is 22.8 Å². The van der Waals surface area contributed by atoms with Crippen molar-refractivity contribution in [2.75, 3.05) is 0 Å². The van der Waals surface area contributed by atoms with Gasteiger partial charge in [-0.1, -0.05) is 135 Å². The predicted octanol–water partition coefficient (Wildman–Crippen LogP) is 13.1. The SMILES string of the molecule is CCCCCCCCc1ccc(N=C(CCCC)C(CCCCC)=Nc2ccc(CCCCCCCC)cc2)cc1. The van der Waals surface area contributed by atoms with Crippen molar-refractivity contribution in [1.82, 2.24) is 0 Å². The molecule has 0 saturated heterocycles. The molecule has 0 aliphatic heterocycles. The van der Waals surface area contributed by atoms with E-state index in [4.69, 9.17) is 9.98 Å². The summed E-state index contributed by atoms with van der Waals surface area (Å²) in [4.78, 5) is 10.4. The molecule has 2 nitrogen and oxygen atoms in total. The number of aryl methyl sites for hydroxylation is 2. The zero-order valence-electron chi connectivity index (χ0n) is 27.4. The molecule has 0 atom stereocenters. The van der Waals surface area contributed by atoms with Crippen LogP contribution in [0, 0.1) is 0 Å². The van der Waals surface area contributed by atoms with E-state index in [1.54, 1.807) is 0 Å². The molecule has 0 heterocycles. The van der Waals surface area contributed by atoms with E-state index in [1.165, 1.54) is 138 Å². The lowest BCUT2D eigenvalue weighted by molar-refractivity contribution is 0.607. The van der Waals surface area contributed by atoms with Crippen LogP contribution in [0.25, 0.3) is 0 Å². The normalized spacial score (nSPS) is 12.3. The van der Waals surface area contributed by atoms with Crippen molar-refractivity contribution in [3.8, 4) is 0 Å². The molecule has 0 fully saturated rings. The molecule has 0 aromatic heterocycles. The Morgan fingerprint density at radius 3 is 1.15 bits per heavy atom. The largest absolute Gasteiger partial charge is 0.252 e. The zero-order valence-corrected chi connectivity index (χ0v) is 27.4. The van der Waals surface area contributed by atoms with E-state index in [0.29, 0.717) is 0 Å². The summed E-state index contributed by atoms with van der Waals surface area (Å²) >= 11 is 0. The molecule has 0 radical (unpaired) electrons. The first kappa shape index (κ1) is 35.0. The van der Waals surface area contributed by atoms with Gasteiger partial charge < -0.3 is 0 Å². The van der Waals surface area contributed by atoms with Crippen molar-refractivity contribution < 1.29 is 0 Å². The number of benzene rings is 2. The average molecular weight is 559 g/mol. The summed E-state index contributed by atoms with van der Waals surface area (Å²) < 4.78 is 0. The minimum absolute atomic E-state index is 0.997. The molecule has 0 N–H and O–H groups in total. The molecule has 41 heavy (non-hydrogen) atoms. The van der Waals surface area contributed by atoms with Gasteiger partial charge >= 0.3 is 0 Å². The van der Waals surface area contributed by atoms with Crippen molar-refractivity contribution in [1.29, 1.82) is 0 Å². The van der Waals surface area contributed by atoms with Gasteiger partial charge in [-0.15, -0.1) is 0 Å². The number of hydrogen-bond acceptors (Lipinski definition) is 2. The highest BCUT2D eigenvalue weighted by atomic mass is 14.8. The summed E-state index contributed by atoms with van der Waals surface area (Å²) in [5, 5.41) is 0. The van der Waals surface area contributed by atoms with E-state index >= 15 is 0 Å². The van der Waals surface area contributed by atoms with Crippen molar-refractivity contribution in [3.05, 3.63) is 59.7 Å². The number of rotatable bonds is 24. The molecule has 0 unspecified atom stereocenters. The molecule has 2 aromatic carbocycles. The number of hydrogen-bond donors (Lipinski definition) is 0. The summed E-state index contributed by atoms with van der Waals surface area (Å²) in [7, 11) is 0. The first-order valence-electron chi connectivity index (χ1n) is 17.5. The molecule has 0 spiro atoms. The van der Waals surface area contributed by atoms with Crippen molar-refractivity contribution in [3.63, 3.8) is 0 Å². The van der Waals surface area contributed by atoms with Crippen molar-refractivity contribution in [2.24, 2.45) is 9.98 Å². The van der Waals surface area contributed by atoms with Gasteiger partial charge in [-0.25, -0.2) is 0 Å². The monoisotopic (exact) mass is 558 g/mol. The van der Waals surface area contributed by atoms with Crippen LogP contribution < -0.4 is 0 Å². The Kier molecular flexibility index (Phi) is 19.9. The van der Waals surface area contributed by atoms with Crippen molar-refractivity contribution in [2.45, 2.75) is 163 Å². The van der Waals surface area contributed by atoms with Gasteiger partial charge in [-0.3, -0.25) is 9.98 Å². The topological polar surface area (TPSA) is 24.7 Å². The predicted molar refractivity (Wildman–Crippen MR) is 185 cm³/mol. The fourth-order valence-corrected chi connectivity index (χ4v) is 5.42. The second-order valence-corrected chi connectivity index (χ2v) is 12.0. The van der Waals surface area contributed by atoms with Crippen LogP contribution in [-0.4, -0.2) is 11.4 Å². The van der Waals surface area contributed by atoms with Crippen LogP contribution in [0.3, 0.4) is 0 Å². The van der Waals surface area contributed by atoms with Crippen LogP contribution in [0.15, 0.2) is 58.5 Å². The van der Waals surface area contributed by atoms with E-state index in [-0.39, 0.29) is 0 Å². The van der Waals surface area contributed by atoms with Crippen LogP contribution in [0.1, 0.15) is 161 Å². The van der Waals surface area contributed by atoms with Crippen LogP contribution in [0.4, 0.5) is 11.4 Å². The highest BCUT2D eigenvalue weighted by molar-refractivity contribution is 6.43. The first-order chi connectivity index (χ1) is 20.2. The average Bonchev–Trinajstić information content (AvgIpc) is 3.00. The van der Waals surface area contributed by atoms with Gasteiger partial charge in [0, 0.05) is 0 Å². The Balaban J connectivity index is 2.10. The number of nitrogens with zero attached hydrogens (tertiary/aromatic N) is 2. The van der Waals surface area contributed by atoms with E-state index in [1.807, 2.05) is 0 Å². The van der Waals surface area contributed by atoms with Gasteiger partial charge in [0.15, 0.2) is 0 Å². The Bertz CT molecular complexity index is 952. The van der Waals surface area contributed by atoms with E-state index < -0.39 is 0 Å². The third-order valence-electron chi connectivity index (χ3n) is 8.16. The first-order valence-corrected chi connectivity index (χ1v) is 17.5. The zero-order chi connectivity index (χ0) is 29.4. The van der Waals surface area contributed by atoms with Gasteiger partial charge in [0.25, 0.3) is 0 Å². The van der Waals surface area contributed by atoms with E-state index in [2.05, 4.69) is 76.2 Å². The molecule has 2 rings (SSSR count). The summed E-state index contributed by atoms with van der Waals surface area (Å²) in [6.45, 7) is 9.11. The third kappa shape index (κ3) is 16.1. The quantitative estimate of drug-likeness (QED) is 0.0904. The number of aliphatic imine (C=N–C) groups is 2. The van der Waals surface area contributed by atoms with Crippen LogP contribution in [0.2, 0.25) is 0 Å². The van der Waals surface area contributed by atoms with Crippen LogP contribution in [0.5, 0.6) is 0 Å². The van der Waals surface area contributed by atoms with Crippen LogP contribution >= 0.6 is 0 Å². The highest BCUT2D eigenvalue weighted by Gasteiger charge is 2.11. The Labute approximate surface area is 254 Å². The highest BCUT2D eigenvalue weighted by Crippen LogP contribution is 2.22. The van der Waals surface area contributed by atoms with Crippen molar-refractivity contribution >= 4 is 22.8 Å². The molecule has 228 valence electrons. The molecule has 0 aliphatic carbocycles. The molecule has 0 saturated carbocycles. The minimum atomic E-state index is 0.997. The fourth-order valence-electron chi connectivity index (χ4n) is 5.42. The molecule has 2 heteroatoms. The molecule has 0 bridgehead atoms. The lowest BCUT2D eigenvalue weighted by atomic mass is 10.0. The lowest BCUT2D eigenvalue weighted by Gasteiger charge is -2.12. The van der Waals surface area contributed by atoms with E-state index in [9.17, 15) is 0 Å². The maximum absolute atomic E-state index is 5.23. The Hall–Kier alpha value is -2.22. The summed E-state index contributed by atoms with van der Waals surface area (Å²) in [6, 6.07) is 18.1. The third-order valence-corrected chi connectivity index (χ3v) is 8.16. The summed E-state index contributed by atoms with van der Waals surface area (Å²) in [5.41, 5.74) is 7.39. The molecular formula is C39H62N2. The van der Waals surface area contributed by atoms with Gasteiger partial charge in [0.1, 0.15) is 0 Å². The molecule has 2 aromatic rings. The molecule has 0 aliphatic rings. The standard InChI is InChI=1S/C39H62N2/c1-5-9-13-15-17-20-22-34-26-30-36(31-27-34)40-38(24-12-8-4)39(25-19-11-7-3)41-37-32-28-35(29-33-37)23-21-18-16-14-10-6-2/h26-33H,5-25H2,1-4H3. The minimum Gasteiger partial charge on any atom is -0.252 e. The molecule has 0 amide bonds. The van der Waals surface area contributed by atoms with E-state index in [0.717, 1.165) is 30.6 Å². The Morgan fingerprint density at radius 2 is 0.732 bits per heavy atom. The number of unbranched alkanes of at least 4 members (excludes halogenated alkanes) is 13. The second kappa shape index (κ2) is 23.4. The molecular weight excluding hydrogens is 496 g/mol. The smallest absolute Gasteiger partial charge is 0.0633 e. The van der Waals surface area contributed by atoms with Gasteiger partial charge in [-0.2, -0.15) is 0 Å². The van der Waals surface area contributed by atoms with Crippen LogP contribution in [-0.2, 0) is 12.8 Å². The fraction of sp³-hybridized carbons (Fsp3) is 0.641. The summed E-state index contributed by atoms with van der Waals surface area (Å²) in [6.07, 6.45) is 26.5. The Morgan fingerprint density at radius 1 is 0.390 bits per heavy atom. The maximum atomic E-state index is 5.23. The lowest BCUT2D eigenvalue weighted by Crippen LogP contribution is -2.14.